The lowest BCUT2D eigenvalue weighted by molar-refractivity contribution is -0.191. The number of ether oxygens (including phenoxy) is 2. The number of rotatable bonds is 5. The number of carbonyl (C=O) groups is 2. The maximum absolute atomic E-state index is 14.7. The lowest BCUT2D eigenvalue weighted by Crippen LogP contribution is -2.63. The van der Waals surface area contributed by atoms with Gasteiger partial charge in [0.2, 0.25) is 0 Å². The molecule has 0 radical (unpaired) electrons. The van der Waals surface area contributed by atoms with Crippen molar-refractivity contribution >= 4 is 17.7 Å². The van der Waals surface area contributed by atoms with Gasteiger partial charge >= 0.3 is 12.5 Å². The summed E-state index contributed by atoms with van der Waals surface area (Å²) in [6.45, 7) is 2.47. The fourth-order valence-electron chi connectivity index (χ4n) is 3.20. The minimum Gasteiger partial charge on any atom is -0.458 e. The molecule has 3 heterocycles. The molecule has 1 aliphatic heterocycles. The van der Waals surface area contributed by atoms with Gasteiger partial charge in [0.15, 0.2) is 23.3 Å². The molecular formula is C20H23F3N4O6. The van der Waals surface area contributed by atoms with Crippen molar-refractivity contribution in [2.75, 3.05) is 18.1 Å². The van der Waals surface area contributed by atoms with Crippen LogP contribution in [0.25, 0.3) is 5.69 Å². The molecule has 33 heavy (non-hydrogen) atoms. The average Bonchev–Trinajstić information content (AvgIpc) is 3.09. The molecule has 1 fully saturated rings. The highest BCUT2D eigenvalue weighted by atomic mass is 19.3. The van der Waals surface area contributed by atoms with Gasteiger partial charge in [-0.05, 0) is 33.8 Å². The zero-order valence-corrected chi connectivity index (χ0v) is 18.3. The van der Waals surface area contributed by atoms with E-state index in [-0.39, 0.29) is 23.4 Å². The molecule has 2 aromatic heterocycles. The predicted octanol–water partition coefficient (Wildman–Crippen LogP) is 1.39. The van der Waals surface area contributed by atoms with Crippen LogP contribution in [0, 0.1) is 5.82 Å². The van der Waals surface area contributed by atoms with E-state index in [1.807, 2.05) is 0 Å². The van der Waals surface area contributed by atoms with Crippen molar-refractivity contribution in [2.24, 2.45) is 0 Å². The Morgan fingerprint density at radius 2 is 1.94 bits per heavy atom. The summed E-state index contributed by atoms with van der Waals surface area (Å²) in [5.41, 5.74) is -4.04. The van der Waals surface area contributed by atoms with Crippen LogP contribution in [0.5, 0.6) is 0 Å². The van der Waals surface area contributed by atoms with E-state index in [4.69, 9.17) is 9.47 Å². The Balaban J connectivity index is 1.92. The molecule has 2 atom stereocenters. The first-order chi connectivity index (χ1) is 15.2. The van der Waals surface area contributed by atoms with E-state index < -0.39 is 52.9 Å². The van der Waals surface area contributed by atoms with Gasteiger partial charge in [-0.25, -0.2) is 13.9 Å². The number of carbonyl (C=O) groups excluding carboxylic acids is 2. The molecule has 3 rings (SSSR count). The second-order valence-electron chi connectivity index (χ2n) is 8.50. The number of anilines is 1. The lowest BCUT2D eigenvalue weighted by Gasteiger charge is -2.40. The SMILES string of the molecule is CC(C)(C)OC(=O)[C@H](O)[C@@]1(C)OCCN(c2nn(-c3ccc(=O)n(C(F)F)c3)cc2F)C1=O. The van der Waals surface area contributed by atoms with Gasteiger partial charge in [0.05, 0.1) is 25.0 Å². The van der Waals surface area contributed by atoms with E-state index in [9.17, 15) is 32.7 Å². The first-order valence-corrected chi connectivity index (χ1v) is 9.87. The summed E-state index contributed by atoms with van der Waals surface area (Å²) in [6.07, 6.45) is -0.373. The number of aromatic nitrogens is 3. The zero-order chi connectivity index (χ0) is 24.7. The Labute approximate surface area is 186 Å². The second-order valence-corrected chi connectivity index (χ2v) is 8.50. The van der Waals surface area contributed by atoms with Gasteiger partial charge < -0.3 is 14.6 Å². The highest BCUT2D eigenvalue weighted by Crippen LogP contribution is 2.30. The Morgan fingerprint density at radius 1 is 1.27 bits per heavy atom. The molecule has 10 nitrogen and oxygen atoms in total. The minimum atomic E-state index is -3.12. The third-order valence-electron chi connectivity index (χ3n) is 4.84. The van der Waals surface area contributed by atoms with E-state index in [1.54, 1.807) is 20.8 Å². The maximum Gasteiger partial charge on any atom is 0.339 e. The van der Waals surface area contributed by atoms with Crippen LogP contribution in [0.4, 0.5) is 19.0 Å². The van der Waals surface area contributed by atoms with Gasteiger partial charge in [-0.2, -0.15) is 8.78 Å². The van der Waals surface area contributed by atoms with Crippen molar-refractivity contribution in [2.45, 2.75) is 51.6 Å². The number of esters is 1. The molecule has 0 saturated carbocycles. The van der Waals surface area contributed by atoms with Crippen molar-refractivity contribution in [3.63, 3.8) is 0 Å². The molecular weight excluding hydrogens is 449 g/mol. The number of amides is 1. The number of morpholine rings is 1. The van der Waals surface area contributed by atoms with Crippen LogP contribution in [0.3, 0.4) is 0 Å². The van der Waals surface area contributed by atoms with Crippen LogP contribution in [0.15, 0.2) is 29.3 Å². The molecule has 0 aliphatic carbocycles. The van der Waals surface area contributed by atoms with Gasteiger partial charge in [-0.3, -0.25) is 19.1 Å². The van der Waals surface area contributed by atoms with Crippen molar-refractivity contribution in [3.8, 4) is 5.69 Å². The number of pyridine rings is 1. The number of aliphatic hydroxyl groups is 1. The number of hydrogen-bond acceptors (Lipinski definition) is 7. The number of hydrogen-bond donors (Lipinski definition) is 1. The van der Waals surface area contributed by atoms with Gasteiger partial charge in [-0.15, -0.1) is 5.10 Å². The van der Waals surface area contributed by atoms with Crippen molar-refractivity contribution in [1.82, 2.24) is 14.3 Å². The molecule has 1 N–H and O–H groups in total. The van der Waals surface area contributed by atoms with E-state index >= 15 is 0 Å². The first-order valence-electron chi connectivity index (χ1n) is 9.87. The fourth-order valence-corrected chi connectivity index (χ4v) is 3.20. The molecule has 1 aliphatic rings. The topological polar surface area (TPSA) is 116 Å². The van der Waals surface area contributed by atoms with Crippen LogP contribution in [-0.4, -0.2) is 61.8 Å². The molecule has 0 unspecified atom stereocenters. The number of halogens is 3. The van der Waals surface area contributed by atoms with Crippen LogP contribution < -0.4 is 10.5 Å². The largest absolute Gasteiger partial charge is 0.458 e. The van der Waals surface area contributed by atoms with Crippen molar-refractivity contribution < 1.29 is 37.3 Å². The summed E-state index contributed by atoms with van der Waals surface area (Å²) in [7, 11) is 0. The monoisotopic (exact) mass is 472 g/mol. The lowest BCUT2D eigenvalue weighted by atomic mass is 9.95. The van der Waals surface area contributed by atoms with Crippen LogP contribution in [0.2, 0.25) is 0 Å². The molecule has 1 amide bonds. The molecule has 1 saturated heterocycles. The maximum atomic E-state index is 14.7. The van der Waals surface area contributed by atoms with E-state index in [1.165, 1.54) is 6.92 Å². The second kappa shape index (κ2) is 8.63. The number of aliphatic hydroxyl groups excluding tert-OH is 1. The van der Waals surface area contributed by atoms with E-state index in [2.05, 4.69) is 5.10 Å². The minimum absolute atomic E-state index is 0.0580. The Bertz CT molecular complexity index is 1130. The molecule has 0 spiro atoms. The van der Waals surface area contributed by atoms with Gasteiger partial charge in [-0.1, -0.05) is 0 Å². The summed E-state index contributed by atoms with van der Waals surface area (Å²) in [6, 6.07) is 2.03. The molecule has 13 heteroatoms. The van der Waals surface area contributed by atoms with E-state index in [0.29, 0.717) is 0 Å². The Morgan fingerprint density at radius 3 is 2.55 bits per heavy atom. The molecule has 0 bridgehead atoms. The molecule has 2 aromatic rings. The number of nitrogens with zero attached hydrogens (tertiary/aromatic N) is 4. The van der Waals surface area contributed by atoms with Gasteiger partial charge in [0.1, 0.15) is 5.60 Å². The van der Waals surface area contributed by atoms with Crippen LogP contribution >= 0.6 is 0 Å². The highest BCUT2D eigenvalue weighted by Gasteiger charge is 2.52. The first kappa shape index (κ1) is 24.5. The van der Waals surface area contributed by atoms with Crippen LogP contribution in [-0.2, 0) is 19.1 Å². The fraction of sp³-hybridized carbons (Fsp3) is 0.500. The van der Waals surface area contributed by atoms with Gasteiger partial charge in [0, 0.05) is 12.3 Å². The smallest absolute Gasteiger partial charge is 0.339 e. The average molecular weight is 472 g/mol. The standard InChI is InChI=1S/C20H23F3N4O6/c1-19(2,3)33-16(30)14(29)20(4)17(31)25(7-8-32-20)15-12(21)10-27(24-15)11-5-6-13(28)26(9-11)18(22)23/h5-6,9-10,14,18,29H,7-8H2,1-4H3/t14-,20+/m0/s1. The van der Waals surface area contributed by atoms with Crippen molar-refractivity contribution in [3.05, 3.63) is 40.7 Å². The summed E-state index contributed by atoms with van der Waals surface area (Å²) in [4.78, 5) is 37.9. The quantitative estimate of drug-likeness (QED) is 0.654. The third-order valence-corrected chi connectivity index (χ3v) is 4.84. The third kappa shape index (κ3) is 4.78. The van der Waals surface area contributed by atoms with Crippen LogP contribution in [0.1, 0.15) is 34.2 Å². The zero-order valence-electron chi connectivity index (χ0n) is 18.3. The predicted molar refractivity (Wildman–Crippen MR) is 108 cm³/mol. The van der Waals surface area contributed by atoms with E-state index in [0.717, 1.165) is 34.1 Å². The number of alkyl halides is 2. The van der Waals surface area contributed by atoms with Gasteiger partial charge in [0.25, 0.3) is 11.5 Å². The summed E-state index contributed by atoms with van der Waals surface area (Å²) >= 11 is 0. The molecule has 180 valence electrons. The summed E-state index contributed by atoms with van der Waals surface area (Å²) in [5.74, 6) is -3.50. The summed E-state index contributed by atoms with van der Waals surface area (Å²) in [5, 5.41) is 14.4. The normalized spacial score (nSPS) is 20.3. The Hall–Kier alpha value is -3.19. The Kier molecular flexibility index (Phi) is 6.40. The highest BCUT2D eigenvalue weighted by molar-refractivity contribution is 6.02. The summed E-state index contributed by atoms with van der Waals surface area (Å²) < 4.78 is 52.3. The van der Waals surface area contributed by atoms with Crippen molar-refractivity contribution in [1.29, 1.82) is 0 Å². The molecule has 0 aromatic carbocycles.